The van der Waals surface area contributed by atoms with E-state index in [4.69, 9.17) is 10.7 Å². The summed E-state index contributed by atoms with van der Waals surface area (Å²) >= 11 is 0. The first-order valence-corrected chi connectivity index (χ1v) is 13.9. The first-order chi connectivity index (χ1) is 19.6. The van der Waals surface area contributed by atoms with Crippen molar-refractivity contribution in [2.45, 2.75) is 31.5 Å². The molecule has 4 aliphatic rings. The predicted molar refractivity (Wildman–Crippen MR) is 159 cm³/mol. The lowest BCUT2D eigenvalue weighted by Crippen LogP contribution is -2.58. The maximum atomic E-state index is 16.8. The van der Waals surface area contributed by atoms with Crippen LogP contribution in [0, 0.1) is 18.7 Å². The van der Waals surface area contributed by atoms with Crippen molar-refractivity contribution in [3.05, 3.63) is 53.8 Å². The number of carboxylic acid groups (broad SMARTS) is 1. The third kappa shape index (κ3) is 3.84. The molecule has 3 unspecified atom stereocenters. The van der Waals surface area contributed by atoms with Gasteiger partial charge in [0.05, 0.1) is 23.5 Å². The number of pyridine rings is 1. The number of nitrogens with one attached hydrogen (secondary N) is 1. The molecule has 1 aromatic heterocycles. The molecular weight excluding hydrogens is 523 g/mol. The zero-order valence-corrected chi connectivity index (χ0v) is 23.2. The molecule has 212 valence electrons. The summed E-state index contributed by atoms with van der Waals surface area (Å²) in [6, 6.07) is 12.9. The van der Waals surface area contributed by atoms with Crippen LogP contribution < -0.4 is 16.0 Å². The van der Waals surface area contributed by atoms with Gasteiger partial charge in [0.15, 0.2) is 11.6 Å². The molecule has 4 aromatic rings. The van der Waals surface area contributed by atoms with E-state index in [1.165, 1.54) is 4.90 Å². The fourth-order valence-corrected chi connectivity index (χ4v) is 6.89. The van der Waals surface area contributed by atoms with E-state index in [2.05, 4.69) is 15.1 Å². The standard InChI is InChI=1S/C31H33FN6O3/c1-15-8-22-28(25(32)24(15)21-11-19(39)9-16-6-4-5-7-20(16)21)35-30(37-13-18(14-37)36(2)3)26(33)29(22)34-27-17-10-23(27)38(12-17)31(40)41/h4-9,11,17-18,23,27,39H,10,12-14,33H2,1-3H3,(H,34,35)(H,40,41). The lowest BCUT2D eigenvalue weighted by atomic mass is 9.79. The van der Waals surface area contributed by atoms with E-state index in [0.29, 0.717) is 64.9 Å². The van der Waals surface area contributed by atoms with E-state index in [-0.39, 0.29) is 29.3 Å². The topological polar surface area (TPSA) is 118 Å². The van der Waals surface area contributed by atoms with Gasteiger partial charge in [-0.2, -0.15) is 0 Å². The molecule has 4 fully saturated rings. The van der Waals surface area contributed by atoms with Crippen molar-refractivity contribution in [3.8, 4) is 16.9 Å². The Hall–Kier alpha value is -4.31. The summed E-state index contributed by atoms with van der Waals surface area (Å²) in [7, 11) is 4.06. The van der Waals surface area contributed by atoms with Gasteiger partial charge in [-0.05, 0) is 67.5 Å². The molecule has 1 amide bonds. The molecule has 9 nitrogen and oxygen atoms in total. The molecule has 0 spiro atoms. The number of nitrogen functional groups attached to an aromatic ring is 1. The van der Waals surface area contributed by atoms with Gasteiger partial charge in [-0.25, -0.2) is 14.2 Å². The highest BCUT2D eigenvalue weighted by Crippen LogP contribution is 2.47. The van der Waals surface area contributed by atoms with Gasteiger partial charge in [-0.3, -0.25) is 0 Å². The normalized spacial score (nSPS) is 21.9. The zero-order valence-electron chi connectivity index (χ0n) is 23.2. The van der Waals surface area contributed by atoms with Gasteiger partial charge in [0.2, 0.25) is 0 Å². The number of rotatable bonds is 5. The third-order valence-corrected chi connectivity index (χ3v) is 9.30. The number of phenolic OH excluding ortho intramolecular Hbond substituents is 1. The van der Waals surface area contributed by atoms with E-state index < -0.39 is 11.9 Å². The molecule has 3 saturated heterocycles. The summed E-state index contributed by atoms with van der Waals surface area (Å²) in [4.78, 5) is 22.3. The highest BCUT2D eigenvalue weighted by Gasteiger charge is 2.54. The highest BCUT2D eigenvalue weighted by atomic mass is 19.1. The van der Waals surface area contributed by atoms with E-state index in [1.54, 1.807) is 12.1 Å². The quantitative estimate of drug-likeness (QED) is 0.279. The molecule has 1 aliphatic carbocycles. The number of halogens is 1. The highest BCUT2D eigenvalue weighted by molar-refractivity contribution is 6.06. The number of aromatic hydroxyl groups is 1. The summed E-state index contributed by atoms with van der Waals surface area (Å²) in [6.45, 7) is 3.76. The number of carbonyl (C=O) groups is 1. The molecule has 0 radical (unpaired) electrons. The van der Waals surface area contributed by atoms with Crippen molar-refractivity contribution in [3.63, 3.8) is 0 Å². The molecule has 3 aliphatic heterocycles. The van der Waals surface area contributed by atoms with Crippen LogP contribution in [0.1, 0.15) is 12.0 Å². The average molecular weight is 557 g/mol. The van der Waals surface area contributed by atoms with Crippen molar-refractivity contribution in [2.24, 2.45) is 5.92 Å². The lowest BCUT2D eigenvalue weighted by molar-refractivity contribution is 0.140. The number of benzene rings is 3. The number of hydrogen-bond acceptors (Lipinski definition) is 7. The Morgan fingerprint density at radius 2 is 1.90 bits per heavy atom. The van der Waals surface area contributed by atoms with Crippen LogP contribution in [0.25, 0.3) is 32.8 Å². The van der Waals surface area contributed by atoms with Crippen LogP contribution in [0.4, 0.5) is 26.4 Å². The van der Waals surface area contributed by atoms with Crippen LogP contribution in [-0.2, 0) is 0 Å². The second kappa shape index (κ2) is 9.10. The molecule has 5 N–H and O–H groups in total. The maximum Gasteiger partial charge on any atom is 0.407 e. The molecule has 3 aromatic carbocycles. The summed E-state index contributed by atoms with van der Waals surface area (Å²) in [5.74, 6) is 0.278. The summed E-state index contributed by atoms with van der Waals surface area (Å²) in [5.41, 5.74) is 9.69. The van der Waals surface area contributed by atoms with Crippen molar-refractivity contribution in [1.82, 2.24) is 14.8 Å². The Morgan fingerprint density at radius 1 is 1.15 bits per heavy atom. The SMILES string of the molecule is Cc1cc2c(NC3C4CC3N(C(=O)O)C4)c(N)c(N3CC(N(C)C)C3)nc2c(F)c1-c1cc(O)cc2ccccc12. The molecule has 3 atom stereocenters. The fourth-order valence-electron chi connectivity index (χ4n) is 6.89. The molecular formula is C31H33FN6O3. The minimum absolute atomic E-state index is 0.0599. The van der Waals surface area contributed by atoms with E-state index in [9.17, 15) is 15.0 Å². The minimum atomic E-state index is -0.921. The van der Waals surface area contributed by atoms with Crippen LogP contribution in [-0.4, -0.2) is 82.9 Å². The Labute approximate surface area is 237 Å². The summed E-state index contributed by atoms with van der Waals surface area (Å²) in [6.07, 6.45) is -0.117. The first-order valence-electron chi connectivity index (χ1n) is 13.9. The van der Waals surface area contributed by atoms with Crippen molar-refractivity contribution in [2.75, 3.05) is 49.7 Å². The number of anilines is 3. The number of fused-ring (bicyclic) bond motifs is 3. The van der Waals surface area contributed by atoms with Crippen LogP contribution in [0.5, 0.6) is 5.75 Å². The average Bonchev–Trinajstić information content (AvgIpc) is 3.49. The number of aryl methyl sites for hydroxylation is 1. The number of phenols is 1. The minimum Gasteiger partial charge on any atom is -0.508 e. The lowest BCUT2D eigenvalue weighted by Gasteiger charge is -2.44. The van der Waals surface area contributed by atoms with Gasteiger partial charge >= 0.3 is 6.09 Å². The molecule has 8 rings (SSSR count). The number of likely N-dealkylation sites (N-methyl/N-ethyl adjacent to an activating group) is 1. The fraction of sp³-hybridized carbons (Fsp3) is 0.355. The number of nitrogens with zero attached hydrogens (tertiary/aromatic N) is 4. The molecule has 4 heterocycles. The molecule has 41 heavy (non-hydrogen) atoms. The van der Waals surface area contributed by atoms with Crippen molar-refractivity contribution in [1.29, 1.82) is 0 Å². The molecule has 2 bridgehead atoms. The summed E-state index contributed by atoms with van der Waals surface area (Å²) < 4.78 is 16.8. The van der Waals surface area contributed by atoms with Crippen LogP contribution in [0.3, 0.4) is 0 Å². The number of amides is 1. The first kappa shape index (κ1) is 25.6. The molecule has 1 saturated carbocycles. The Morgan fingerprint density at radius 3 is 2.61 bits per heavy atom. The predicted octanol–water partition coefficient (Wildman–Crippen LogP) is 4.70. The number of nitrogens with two attached hydrogens (primary N) is 1. The van der Waals surface area contributed by atoms with Gasteiger partial charge in [0.1, 0.15) is 11.3 Å². The maximum absolute atomic E-state index is 16.8. The smallest absolute Gasteiger partial charge is 0.407 e. The van der Waals surface area contributed by atoms with Gasteiger partial charge in [0.25, 0.3) is 0 Å². The second-order valence-corrected chi connectivity index (χ2v) is 11.9. The van der Waals surface area contributed by atoms with Crippen molar-refractivity contribution < 1.29 is 19.4 Å². The Kier molecular flexibility index (Phi) is 5.69. The third-order valence-electron chi connectivity index (χ3n) is 9.30. The Bertz CT molecular complexity index is 1740. The van der Waals surface area contributed by atoms with Gasteiger partial charge in [-0.15, -0.1) is 0 Å². The van der Waals surface area contributed by atoms with Crippen molar-refractivity contribution >= 4 is 45.0 Å². The monoisotopic (exact) mass is 556 g/mol. The number of hydrogen-bond donors (Lipinski definition) is 4. The molecule has 10 heteroatoms. The number of aromatic nitrogens is 1. The van der Waals surface area contributed by atoms with Crippen LogP contribution >= 0.6 is 0 Å². The largest absolute Gasteiger partial charge is 0.508 e. The van der Waals surface area contributed by atoms with Gasteiger partial charge in [0, 0.05) is 42.5 Å². The van der Waals surface area contributed by atoms with Gasteiger partial charge < -0.3 is 36.0 Å². The Balaban J connectivity index is 1.41. The van der Waals surface area contributed by atoms with E-state index >= 15 is 4.39 Å². The van der Waals surface area contributed by atoms with E-state index in [1.807, 2.05) is 51.4 Å². The zero-order chi connectivity index (χ0) is 28.7. The second-order valence-electron chi connectivity index (χ2n) is 11.9. The van der Waals surface area contributed by atoms with Crippen LogP contribution in [0.15, 0.2) is 42.5 Å². The van der Waals surface area contributed by atoms with Gasteiger partial charge in [-0.1, -0.05) is 24.3 Å². The van der Waals surface area contributed by atoms with E-state index in [0.717, 1.165) is 17.2 Å². The van der Waals surface area contributed by atoms with Crippen LogP contribution in [0.2, 0.25) is 0 Å². The summed E-state index contributed by atoms with van der Waals surface area (Å²) in [5, 5.41) is 25.9.